The maximum Gasteiger partial charge on any atom is 0.326 e. The van der Waals surface area contributed by atoms with Crippen LogP contribution >= 0.6 is 0 Å². The van der Waals surface area contributed by atoms with Crippen LogP contribution < -0.4 is 27.4 Å². The average Bonchev–Trinajstić information content (AvgIpc) is 3.33. The summed E-state index contributed by atoms with van der Waals surface area (Å²) in [6, 6.07) is -4.53. The number of aliphatic hydroxyl groups is 1. The van der Waals surface area contributed by atoms with E-state index in [1.54, 1.807) is 6.92 Å². The summed E-state index contributed by atoms with van der Waals surface area (Å²) in [5.41, 5.74) is 11.8. The number of nitrogens with two attached hydrogens (primary N) is 2. The average molecular weight is 498 g/mol. The number of carboxylic acid groups (broad SMARTS) is 1. The maximum absolute atomic E-state index is 13.1. The van der Waals surface area contributed by atoms with Gasteiger partial charge < -0.3 is 42.6 Å². The van der Waals surface area contributed by atoms with Gasteiger partial charge in [-0.05, 0) is 38.6 Å². The molecule has 0 spiro atoms. The van der Waals surface area contributed by atoms with Gasteiger partial charge in [0.2, 0.25) is 17.7 Å². The van der Waals surface area contributed by atoms with Crippen molar-refractivity contribution in [1.82, 2.24) is 25.9 Å². The molecule has 0 saturated carbocycles. The molecule has 6 atom stereocenters. The lowest BCUT2D eigenvalue weighted by atomic mass is 9.96. The summed E-state index contributed by atoms with van der Waals surface area (Å²) < 4.78 is 0. The van der Waals surface area contributed by atoms with Crippen molar-refractivity contribution in [1.29, 1.82) is 0 Å². The number of rotatable bonds is 16. The molecule has 0 fully saturated rings. The van der Waals surface area contributed by atoms with Gasteiger partial charge in [0.25, 0.3) is 0 Å². The third kappa shape index (κ3) is 10.0. The highest BCUT2D eigenvalue weighted by Crippen LogP contribution is 2.11. The summed E-state index contributed by atoms with van der Waals surface area (Å²) in [5.74, 6) is -3.52. The molecular weight excluding hydrogens is 458 g/mol. The van der Waals surface area contributed by atoms with Gasteiger partial charge in [0, 0.05) is 18.3 Å². The van der Waals surface area contributed by atoms with Gasteiger partial charge in [0.05, 0.1) is 12.4 Å². The van der Waals surface area contributed by atoms with E-state index < -0.39 is 54.0 Å². The number of H-pyrrole nitrogens is 1. The lowest BCUT2D eigenvalue weighted by Crippen LogP contribution is -2.59. The Kier molecular flexibility index (Phi) is 12.9. The van der Waals surface area contributed by atoms with Crippen molar-refractivity contribution in [3.05, 3.63) is 18.2 Å². The number of aromatic nitrogens is 2. The van der Waals surface area contributed by atoms with Gasteiger partial charge >= 0.3 is 5.97 Å². The van der Waals surface area contributed by atoms with Crippen LogP contribution in [0.1, 0.15) is 52.1 Å². The quantitative estimate of drug-likeness (QED) is 0.123. The van der Waals surface area contributed by atoms with Crippen molar-refractivity contribution in [3.63, 3.8) is 0 Å². The van der Waals surface area contributed by atoms with Crippen molar-refractivity contribution < 1.29 is 29.4 Å². The van der Waals surface area contributed by atoms with Gasteiger partial charge in [0.15, 0.2) is 0 Å². The number of amides is 3. The molecule has 6 unspecified atom stereocenters. The minimum atomic E-state index is -1.24. The van der Waals surface area contributed by atoms with E-state index in [0.717, 1.165) is 0 Å². The molecular formula is C22H39N7O6. The van der Waals surface area contributed by atoms with Crippen molar-refractivity contribution >= 4 is 23.7 Å². The van der Waals surface area contributed by atoms with Gasteiger partial charge in [0.1, 0.15) is 24.2 Å². The Morgan fingerprint density at radius 3 is 2.23 bits per heavy atom. The molecule has 198 valence electrons. The normalized spacial score (nSPS) is 16.3. The van der Waals surface area contributed by atoms with Gasteiger partial charge in [-0.3, -0.25) is 14.4 Å². The molecule has 1 rings (SSSR count). The van der Waals surface area contributed by atoms with Crippen LogP contribution in [-0.2, 0) is 25.6 Å². The Labute approximate surface area is 204 Å². The molecule has 0 aromatic carbocycles. The fraction of sp³-hybridized carbons (Fsp3) is 0.682. The monoisotopic (exact) mass is 497 g/mol. The zero-order valence-corrected chi connectivity index (χ0v) is 20.5. The minimum Gasteiger partial charge on any atom is -0.480 e. The molecule has 13 nitrogen and oxygen atoms in total. The van der Waals surface area contributed by atoms with Gasteiger partial charge in [-0.25, -0.2) is 9.78 Å². The predicted octanol–water partition coefficient (Wildman–Crippen LogP) is -1.63. The summed E-state index contributed by atoms with van der Waals surface area (Å²) >= 11 is 0. The number of hydrogen-bond donors (Lipinski definition) is 8. The summed E-state index contributed by atoms with van der Waals surface area (Å²) in [7, 11) is 0. The molecule has 10 N–H and O–H groups in total. The van der Waals surface area contributed by atoms with Crippen LogP contribution in [-0.4, -0.2) is 80.7 Å². The standard InChI is InChI=1S/C22H39N7O6/c1-4-12(2)18(29-20(32)17(24)13(3)30)21(33)27-15(7-5-6-8-23)19(31)28-16(22(34)35)9-14-10-25-11-26-14/h10-13,15-18,30H,4-9,23-24H2,1-3H3,(H,25,26)(H,27,33)(H,28,31)(H,29,32)(H,34,35). The topological polar surface area (TPSA) is 226 Å². The number of hydrogen-bond acceptors (Lipinski definition) is 8. The third-order valence-electron chi connectivity index (χ3n) is 5.79. The van der Waals surface area contributed by atoms with Crippen LogP contribution in [0.25, 0.3) is 0 Å². The highest BCUT2D eigenvalue weighted by Gasteiger charge is 2.33. The van der Waals surface area contributed by atoms with Gasteiger partial charge in [-0.1, -0.05) is 20.3 Å². The first-order chi connectivity index (χ1) is 16.5. The maximum atomic E-state index is 13.1. The Morgan fingerprint density at radius 2 is 1.71 bits per heavy atom. The SMILES string of the molecule is CCC(C)C(NC(=O)C(N)C(C)O)C(=O)NC(CCCCN)C(=O)NC(Cc1cnc[nH]1)C(=O)O. The van der Waals surface area contributed by atoms with E-state index in [0.29, 0.717) is 31.5 Å². The number of carbonyl (C=O) groups excluding carboxylic acids is 3. The van der Waals surface area contributed by atoms with E-state index in [1.807, 2.05) is 6.92 Å². The zero-order chi connectivity index (χ0) is 26.5. The fourth-order valence-corrected chi connectivity index (χ4v) is 3.28. The second-order valence-corrected chi connectivity index (χ2v) is 8.66. The number of unbranched alkanes of at least 4 members (excludes halogenated alkanes) is 1. The number of carboxylic acids is 1. The Bertz CT molecular complexity index is 817. The molecule has 0 aliphatic heterocycles. The molecule has 0 aliphatic carbocycles. The molecule has 0 bridgehead atoms. The van der Waals surface area contributed by atoms with Gasteiger partial charge in [-0.15, -0.1) is 0 Å². The van der Waals surface area contributed by atoms with Crippen LogP contribution in [0.3, 0.4) is 0 Å². The Hall–Kier alpha value is -3.03. The van der Waals surface area contributed by atoms with E-state index >= 15 is 0 Å². The predicted molar refractivity (Wildman–Crippen MR) is 128 cm³/mol. The fourth-order valence-electron chi connectivity index (χ4n) is 3.28. The summed E-state index contributed by atoms with van der Waals surface area (Å²) in [6.07, 6.45) is 3.60. The lowest BCUT2D eigenvalue weighted by Gasteiger charge is -2.28. The molecule has 1 aromatic heterocycles. The molecule has 3 amide bonds. The van der Waals surface area contributed by atoms with Crippen molar-refractivity contribution in [2.24, 2.45) is 17.4 Å². The number of nitrogens with zero attached hydrogens (tertiary/aromatic N) is 1. The van der Waals surface area contributed by atoms with E-state index in [4.69, 9.17) is 11.5 Å². The van der Waals surface area contributed by atoms with Crippen LogP contribution in [0, 0.1) is 5.92 Å². The largest absolute Gasteiger partial charge is 0.480 e. The molecule has 1 heterocycles. The first-order valence-corrected chi connectivity index (χ1v) is 11.8. The smallest absolute Gasteiger partial charge is 0.326 e. The molecule has 35 heavy (non-hydrogen) atoms. The highest BCUT2D eigenvalue weighted by molar-refractivity contribution is 5.94. The second kappa shape index (κ2) is 15.1. The minimum absolute atomic E-state index is 0.0205. The number of aliphatic carboxylic acids is 1. The Balaban J connectivity index is 3.01. The van der Waals surface area contributed by atoms with Gasteiger partial charge in [-0.2, -0.15) is 0 Å². The molecule has 13 heteroatoms. The molecule has 0 radical (unpaired) electrons. The van der Waals surface area contributed by atoms with Crippen molar-refractivity contribution in [3.8, 4) is 0 Å². The zero-order valence-electron chi connectivity index (χ0n) is 20.5. The molecule has 0 saturated heterocycles. The van der Waals surface area contributed by atoms with Crippen LogP contribution in [0.15, 0.2) is 12.5 Å². The Morgan fingerprint density at radius 1 is 1.06 bits per heavy atom. The first kappa shape index (κ1) is 30.0. The number of imidazole rings is 1. The van der Waals surface area contributed by atoms with E-state index in [-0.39, 0.29) is 18.8 Å². The second-order valence-electron chi connectivity index (χ2n) is 8.66. The van der Waals surface area contributed by atoms with Crippen LogP contribution in [0.5, 0.6) is 0 Å². The number of aliphatic hydroxyl groups excluding tert-OH is 1. The van der Waals surface area contributed by atoms with E-state index in [9.17, 15) is 29.4 Å². The highest BCUT2D eigenvalue weighted by atomic mass is 16.4. The van der Waals surface area contributed by atoms with Crippen molar-refractivity contribution in [2.45, 2.75) is 83.1 Å². The molecule has 1 aromatic rings. The van der Waals surface area contributed by atoms with Crippen LogP contribution in [0.2, 0.25) is 0 Å². The third-order valence-corrected chi connectivity index (χ3v) is 5.79. The van der Waals surface area contributed by atoms with E-state index in [2.05, 4.69) is 25.9 Å². The number of nitrogens with one attached hydrogen (secondary N) is 4. The number of aromatic amines is 1. The lowest BCUT2D eigenvalue weighted by molar-refractivity contribution is -0.142. The number of carbonyl (C=O) groups is 4. The molecule has 0 aliphatic rings. The van der Waals surface area contributed by atoms with E-state index in [1.165, 1.54) is 19.4 Å². The summed E-state index contributed by atoms with van der Waals surface area (Å²) in [6.45, 7) is 5.35. The van der Waals surface area contributed by atoms with Crippen LogP contribution in [0.4, 0.5) is 0 Å². The summed E-state index contributed by atoms with van der Waals surface area (Å²) in [5, 5.41) is 26.8. The first-order valence-electron chi connectivity index (χ1n) is 11.8. The summed E-state index contributed by atoms with van der Waals surface area (Å²) in [4.78, 5) is 56.9. The van der Waals surface area contributed by atoms with Crippen molar-refractivity contribution in [2.75, 3.05) is 6.54 Å².